The molecule has 2 aromatic rings. The molecule has 0 bridgehead atoms. The van der Waals surface area contributed by atoms with Crippen LogP contribution in [0.25, 0.3) is 0 Å². The topological polar surface area (TPSA) is 72.7 Å². The summed E-state index contributed by atoms with van der Waals surface area (Å²) >= 11 is 3.24. The van der Waals surface area contributed by atoms with Gasteiger partial charge in [-0.05, 0) is 35.0 Å². The monoisotopic (exact) mass is 309 g/mol. The summed E-state index contributed by atoms with van der Waals surface area (Å²) in [5.41, 5.74) is 0.500. The summed E-state index contributed by atoms with van der Waals surface area (Å²) < 4.78 is 2.40. The van der Waals surface area contributed by atoms with Crippen LogP contribution >= 0.6 is 15.9 Å². The number of rotatable bonds is 4. The molecule has 0 aliphatic carbocycles. The highest BCUT2D eigenvalue weighted by Gasteiger charge is 2.11. The molecule has 2 aromatic heterocycles. The first kappa shape index (κ1) is 12.7. The van der Waals surface area contributed by atoms with E-state index < -0.39 is 0 Å². The van der Waals surface area contributed by atoms with Crippen molar-refractivity contribution >= 4 is 21.8 Å². The number of carbonyl (C=O) groups is 1. The van der Waals surface area contributed by atoms with Gasteiger partial charge in [-0.15, -0.1) is 10.2 Å². The molecular formula is C11H12BrN5O. The zero-order chi connectivity index (χ0) is 13.0. The third-order valence-electron chi connectivity index (χ3n) is 2.45. The van der Waals surface area contributed by atoms with Crippen molar-refractivity contribution < 1.29 is 4.79 Å². The van der Waals surface area contributed by atoms with Gasteiger partial charge in [-0.3, -0.25) is 4.79 Å². The quantitative estimate of drug-likeness (QED) is 0.866. The van der Waals surface area contributed by atoms with Crippen molar-refractivity contribution in [2.45, 2.75) is 20.0 Å². The second kappa shape index (κ2) is 5.72. The Bertz CT molecular complexity index is 554. The Morgan fingerprint density at radius 3 is 3.11 bits per heavy atom. The second-order valence-corrected chi connectivity index (χ2v) is 4.31. The van der Waals surface area contributed by atoms with Crippen molar-refractivity contribution in [2.24, 2.45) is 0 Å². The molecule has 0 saturated carbocycles. The Hall–Kier alpha value is -1.76. The summed E-state index contributed by atoms with van der Waals surface area (Å²) in [5, 5.41) is 10.5. The van der Waals surface area contributed by atoms with E-state index in [2.05, 4.69) is 36.4 Å². The van der Waals surface area contributed by atoms with Gasteiger partial charge >= 0.3 is 0 Å². The van der Waals surface area contributed by atoms with Gasteiger partial charge in [0.25, 0.3) is 5.91 Å². The van der Waals surface area contributed by atoms with Gasteiger partial charge < -0.3 is 9.88 Å². The van der Waals surface area contributed by atoms with Gasteiger partial charge in [0, 0.05) is 12.7 Å². The molecule has 7 heteroatoms. The fourth-order valence-electron chi connectivity index (χ4n) is 1.49. The molecule has 0 saturated heterocycles. The molecule has 1 amide bonds. The minimum Gasteiger partial charge on any atom is -0.345 e. The molecule has 2 heterocycles. The lowest BCUT2D eigenvalue weighted by Gasteiger charge is -2.06. The number of nitrogens with one attached hydrogen (secondary N) is 1. The van der Waals surface area contributed by atoms with Gasteiger partial charge in [0.2, 0.25) is 0 Å². The summed E-state index contributed by atoms with van der Waals surface area (Å²) in [5.74, 6) is 0.534. The zero-order valence-corrected chi connectivity index (χ0v) is 11.4. The summed E-state index contributed by atoms with van der Waals surface area (Å²) in [7, 11) is 0. The van der Waals surface area contributed by atoms with E-state index in [1.807, 2.05) is 11.5 Å². The molecule has 0 fully saturated rings. The highest BCUT2D eigenvalue weighted by Crippen LogP contribution is 2.12. The summed E-state index contributed by atoms with van der Waals surface area (Å²) in [6.07, 6.45) is 3.26. The van der Waals surface area contributed by atoms with Crippen molar-refractivity contribution in [3.8, 4) is 0 Å². The highest BCUT2D eigenvalue weighted by atomic mass is 79.9. The first-order chi connectivity index (χ1) is 8.72. The van der Waals surface area contributed by atoms with Crippen LogP contribution in [0, 0.1) is 0 Å². The number of nitrogens with zero attached hydrogens (tertiary/aromatic N) is 4. The predicted octanol–water partition coefficient (Wildman–Crippen LogP) is 1.39. The van der Waals surface area contributed by atoms with Gasteiger partial charge in [-0.1, -0.05) is 0 Å². The second-order valence-electron chi connectivity index (χ2n) is 3.56. The van der Waals surface area contributed by atoms with Gasteiger partial charge in [-0.25, -0.2) is 4.98 Å². The van der Waals surface area contributed by atoms with E-state index in [4.69, 9.17) is 0 Å². The van der Waals surface area contributed by atoms with Crippen LogP contribution in [0.5, 0.6) is 0 Å². The minimum absolute atomic E-state index is 0.194. The molecular weight excluding hydrogens is 298 g/mol. The van der Waals surface area contributed by atoms with E-state index in [9.17, 15) is 4.79 Å². The van der Waals surface area contributed by atoms with Crippen LogP contribution in [-0.2, 0) is 13.1 Å². The van der Waals surface area contributed by atoms with Crippen molar-refractivity contribution in [1.82, 2.24) is 25.1 Å². The largest absolute Gasteiger partial charge is 0.345 e. The number of hydrogen-bond donors (Lipinski definition) is 1. The van der Waals surface area contributed by atoms with E-state index in [0.29, 0.717) is 16.7 Å². The third-order valence-corrected chi connectivity index (χ3v) is 3.08. The number of aryl methyl sites for hydroxylation is 1. The van der Waals surface area contributed by atoms with E-state index in [1.165, 1.54) is 0 Å². The Kier molecular flexibility index (Phi) is 4.03. The Morgan fingerprint density at radius 1 is 1.56 bits per heavy atom. The molecule has 0 radical (unpaired) electrons. The SMILES string of the molecule is CCn1cnnc1CNC(=O)c1cccnc1Br. The van der Waals surface area contributed by atoms with E-state index in [0.717, 1.165) is 12.4 Å². The van der Waals surface area contributed by atoms with Crippen LogP contribution < -0.4 is 5.32 Å². The van der Waals surface area contributed by atoms with Crippen molar-refractivity contribution in [2.75, 3.05) is 0 Å². The van der Waals surface area contributed by atoms with E-state index in [1.54, 1.807) is 24.7 Å². The number of hydrogen-bond acceptors (Lipinski definition) is 4. The zero-order valence-electron chi connectivity index (χ0n) is 9.80. The molecule has 6 nitrogen and oxygen atoms in total. The van der Waals surface area contributed by atoms with Crippen molar-refractivity contribution in [3.05, 3.63) is 40.6 Å². The molecule has 2 rings (SSSR count). The fraction of sp³-hybridized carbons (Fsp3) is 0.273. The highest BCUT2D eigenvalue weighted by molar-refractivity contribution is 9.10. The number of carbonyl (C=O) groups excluding carboxylic acids is 1. The number of amides is 1. The van der Waals surface area contributed by atoms with Gasteiger partial charge in [-0.2, -0.15) is 0 Å². The van der Waals surface area contributed by atoms with Crippen molar-refractivity contribution in [1.29, 1.82) is 0 Å². The minimum atomic E-state index is -0.194. The lowest BCUT2D eigenvalue weighted by atomic mass is 10.3. The van der Waals surface area contributed by atoms with E-state index >= 15 is 0 Å². The normalized spacial score (nSPS) is 10.3. The van der Waals surface area contributed by atoms with E-state index in [-0.39, 0.29) is 5.91 Å². The van der Waals surface area contributed by atoms with Crippen LogP contribution in [0.4, 0.5) is 0 Å². The molecule has 1 N–H and O–H groups in total. The van der Waals surface area contributed by atoms with Crippen LogP contribution in [0.3, 0.4) is 0 Å². The molecule has 0 aromatic carbocycles. The average molecular weight is 310 g/mol. The lowest BCUT2D eigenvalue weighted by molar-refractivity contribution is 0.0948. The Labute approximate surface area is 113 Å². The van der Waals surface area contributed by atoms with Crippen LogP contribution in [0.2, 0.25) is 0 Å². The maximum absolute atomic E-state index is 11.9. The molecule has 0 aliphatic rings. The molecule has 0 atom stereocenters. The van der Waals surface area contributed by atoms with Gasteiger partial charge in [0.05, 0.1) is 12.1 Å². The van der Waals surface area contributed by atoms with Crippen LogP contribution in [0.1, 0.15) is 23.1 Å². The summed E-state index contributed by atoms with van der Waals surface area (Å²) in [6, 6.07) is 3.42. The number of halogens is 1. The molecule has 0 unspecified atom stereocenters. The number of aromatic nitrogens is 4. The standard InChI is InChI=1S/C11H12BrN5O/c1-2-17-7-15-16-9(17)6-14-11(18)8-4-3-5-13-10(8)12/h3-5,7H,2,6H2,1H3,(H,14,18). The summed E-state index contributed by atoms with van der Waals surface area (Å²) in [6.45, 7) is 3.11. The van der Waals surface area contributed by atoms with Gasteiger partial charge in [0.15, 0.2) is 5.82 Å². The van der Waals surface area contributed by atoms with Crippen LogP contribution in [0.15, 0.2) is 29.3 Å². The maximum atomic E-state index is 11.9. The maximum Gasteiger partial charge on any atom is 0.254 e. The number of pyridine rings is 1. The Morgan fingerprint density at radius 2 is 2.39 bits per heavy atom. The smallest absolute Gasteiger partial charge is 0.254 e. The Balaban J connectivity index is 2.03. The van der Waals surface area contributed by atoms with Gasteiger partial charge in [0.1, 0.15) is 10.9 Å². The average Bonchev–Trinajstić information content (AvgIpc) is 2.84. The van der Waals surface area contributed by atoms with Crippen LogP contribution in [-0.4, -0.2) is 25.7 Å². The summed E-state index contributed by atoms with van der Waals surface area (Å²) in [4.78, 5) is 15.9. The molecule has 0 aliphatic heterocycles. The lowest BCUT2D eigenvalue weighted by Crippen LogP contribution is -2.25. The molecule has 18 heavy (non-hydrogen) atoms. The molecule has 0 spiro atoms. The predicted molar refractivity (Wildman–Crippen MR) is 68.8 cm³/mol. The fourth-order valence-corrected chi connectivity index (χ4v) is 1.92. The third kappa shape index (κ3) is 2.73. The first-order valence-electron chi connectivity index (χ1n) is 5.47. The first-order valence-corrected chi connectivity index (χ1v) is 6.27. The molecule has 94 valence electrons. The van der Waals surface area contributed by atoms with Crippen molar-refractivity contribution in [3.63, 3.8) is 0 Å².